The van der Waals surface area contributed by atoms with Crippen molar-refractivity contribution in [3.63, 3.8) is 0 Å². The van der Waals surface area contributed by atoms with Crippen LogP contribution in [0.4, 0.5) is 5.13 Å². The average molecular weight is 428 g/mol. The van der Waals surface area contributed by atoms with E-state index in [1.54, 1.807) is 49.7 Å². The van der Waals surface area contributed by atoms with Crippen LogP contribution in [0.5, 0.6) is 0 Å². The predicted octanol–water partition coefficient (Wildman–Crippen LogP) is 3.16. The number of ether oxygens (including phenoxy) is 2. The smallest absolute Gasteiger partial charge is 0.350 e. The molecule has 0 bridgehead atoms. The zero-order valence-corrected chi connectivity index (χ0v) is 17.7. The van der Waals surface area contributed by atoms with E-state index < -0.39 is 11.9 Å². The number of anilines is 1. The van der Waals surface area contributed by atoms with Gasteiger partial charge in [0, 0.05) is 5.56 Å². The van der Waals surface area contributed by atoms with E-state index in [1.807, 2.05) is 0 Å². The second-order valence-corrected chi connectivity index (χ2v) is 7.20. The van der Waals surface area contributed by atoms with Crippen molar-refractivity contribution in [2.24, 2.45) is 0 Å². The maximum absolute atomic E-state index is 12.5. The first-order valence-electron chi connectivity index (χ1n) is 9.05. The van der Waals surface area contributed by atoms with Gasteiger partial charge in [-0.3, -0.25) is 10.1 Å². The van der Waals surface area contributed by atoms with Gasteiger partial charge in [-0.1, -0.05) is 11.3 Å². The Hall–Kier alpha value is -3.53. The van der Waals surface area contributed by atoms with Crippen molar-refractivity contribution in [3.8, 4) is 5.69 Å². The minimum absolute atomic E-state index is 0.285. The van der Waals surface area contributed by atoms with Gasteiger partial charge in [-0.2, -0.15) is 5.10 Å². The molecule has 0 aliphatic rings. The number of benzene rings is 1. The third-order valence-corrected chi connectivity index (χ3v) is 5.32. The summed E-state index contributed by atoms with van der Waals surface area (Å²) in [4.78, 5) is 40.7. The summed E-state index contributed by atoms with van der Waals surface area (Å²) in [6.07, 6.45) is 1.46. The molecule has 0 aliphatic carbocycles. The van der Waals surface area contributed by atoms with Crippen LogP contribution in [0.15, 0.2) is 30.5 Å². The summed E-state index contributed by atoms with van der Waals surface area (Å²) in [5, 5.41) is 7.22. The van der Waals surface area contributed by atoms with E-state index in [0.29, 0.717) is 38.2 Å². The van der Waals surface area contributed by atoms with E-state index in [2.05, 4.69) is 15.4 Å². The molecule has 0 aliphatic heterocycles. The Morgan fingerprint density at radius 1 is 1.13 bits per heavy atom. The Balaban J connectivity index is 1.75. The fourth-order valence-electron chi connectivity index (χ4n) is 2.73. The highest BCUT2D eigenvalue weighted by Gasteiger charge is 2.18. The van der Waals surface area contributed by atoms with Crippen molar-refractivity contribution in [2.45, 2.75) is 20.8 Å². The van der Waals surface area contributed by atoms with Crippen molar-refractivity contribution in [1.82, 2.24) is 14.8 Å². The zero-order valence-electron chi connectivity index (χ0n) is 16.9. The molecule has 1 N–H and O–H groups in total. The zero-order chi connectivity index (χ0) is 21.8. The van der Waals surface area contributed by atoms with Gasteiger partial charge >= 0.3 is 11.9 Å². The molecule has 9 nitrogen and oxygen atoms in total. The second kappa shape index (κ2) is 8.87. The van der Waals surface area contributed by atoms with Gasteiger partial charge in [0.2, 0.25) is 0 Å². The Morgan fingerprint density at radius 2 is 1.83 bits per heavy atom. The van der Waals surface area contributed by atoms with Gasteiger partial charge in [-0.25, -0.2) is 19.3 Å². The molecular formula is C20H20N4O5S. The number of esters is 2. The first kappa shape index (κ1) is 21.2. The van der Waals surface area contributed by atoms with Crippen LogP contribution in [-0.2, 0) is 9.47 Å². The molecule has 30 heavy (non-hydrogen) atoms. The Morgan fingerprint density at radius 3 is 2.47 bits per heavy atom. The molecular weight excluding hydrogens is 408 g/mol. The lowest BCUT2D eigenvalue weighted by Gasteiger charge is -2.07. The number of methoxy groups -OCH3 is 1. The van der Waals surface area contributed by atoms with E-state index in [-0.39, 0.29) is 12.5 Å². The Bertz CT molecular complexity index is 1100. The lowest BCUT2D eigenvalue weighted by atomic mass is 10.2. The molecule has 3 aromatic rings. The molecule has 0 saturated heterocycles. The minimum atomic E-state index is -0.494. The normalized spacial score (nSPS) is 10.5. The molecule has 0 spiro atoms. The maximum atomic E-state index is 12.5. The number of nitrogens with zero attached hydrogens (tertiary/aromatic N) is 3. The largest absolute Gasteiger partial charge is 0.465 e. The standard InChI is InChI=1S/C20H20N4O5S/c1-5-29-18(26)15-10-21-24(12(15)3)14-8-6-13(7-9-14)17(25)23-20-22-11(2)16(30-20)19(27)28-4/h6-10H,5H2,1-4H3,(H,22,23,25). The van der Waals surface area contributed by atoms with Gasteiger partial charge in [0.15, 0.2) is 5.13 Å². The molecule has 0 saturated carbocycles. The summed E-state index contributed by atoms with van der Waals surface area (Å²) in [6.45, 7) is 5.46. The second-order valence-electron chi connectivity index (χ2n) is 6.20. The van der Waals surface area contributed by atoms with Gasteiger partial charge in [-0.05, 0) is 45.0 Å². The summed E-state index contributed by atoms with van der Waals surface area (Å²) in [7, 11) is 1.29. The van der Waals surface area contributed by atoms with E-state index in [1.165, 1.54) is 13.3 Å². The van der Waals surface area contributed by atoms with Crippen LogP contribution in [0.3, 0.4) is 0 Å². The van der Waals surface area contributed by atoms with Crippen LogP contribution in [0.1, 0.15) is 48.7 Å². The summed E-state index contributed by atoms with van der Waals surface area (Å²) >= 11 is 1.05. The van der Waals surface area contributed by atoms with Crippen molar-refractivity contribution >= 4 is 34.3 Å². The fourth-order valence-corrected chi connectivity index (χ4v) is 3.61. The molecule has 1 amide bonds. The monoisotopic (exact) mass is 428 g/mol. The molecule has 0 fully saturated rings. The number of hydrogen-bond donors (Lipinski definition) is 1. The lowest BCUT2D eigenvalue weighted by Crippen LogP contribution is -2.12. The molecule has 2 heterocycles. The number of hydrogen-bond acceptors (Lipinski definition) is 8. The average Bonchev–Trinajstić information content (AvgIpc) is 3.30. The summed E-state index contributed by atoms with van der Waals surface area (Å²) in [5.74, 6) is -1.29. The number of carbonyl (C=O) groups excluding carboxylic acids is 3. The van der Waals surface area contributed by atoms with Crippen molar-refractivity contribution in [2.75, 3.05) is 19.0 Å². The van der Waals surface area contributed by atoms with Gasteiger partial charge in [-0.15, -0.1) is 0 Å². The van der Waals surface area contributed by atoms with Gasteiger partial charge in [0.25, 0.3) is 5.91 Å². The molecule has 1 aromatic carbocycles. The molecule has 0 radical (unpaired) electrons. The van der Waals surface area contributed by atoms with E-state index in [4.69, 9.17) is 9.47 Å². The van der Waals surface area contributed by atoms with Crippen LogP contribution in [0, 0.1) is 13.8 Å². The van der Waals surface area contributed by atoms with Gasteiger partial charge in [0.05, 0.1) is 37.0 Å². The molecule has 3 rings (SSSR count). The highest BCUT2D eigenvalue weighted by Crippen LogP contribution is 2.24. The lowest BCUT2D eigenvalue weighted by molar-refractivity contribution is 0.0524. The number of thiazole rings is 1. The topological polar surface area (TPSA) is 112 Å². The fraction of sp³-hybridized carbons (Fsp3) is 0.250. The molecule has 0 atom stereocenters. The summed E-state index contributed by atoms with van der Waals surface area (Å²) in [5.41, 5.74) is 2.61. The van der Waals surface area contributed by atoms with Crippen LogP contribution in [0.25, 0.3) is 5.69 Å². The van der Waals surface area contributed by atoms with Crippen molar-refractivity contribution in [1.29, 1.82) is 0 Å². The highest BCUT2D eigenvalue weighted by atomic mass is 32.1. The third kappa shape index (κ3) is 4.23. The summed E-state index contributed by atoms with van der Waals surface area (Å²) < 4.78 is 11.3. The quantitative estimate of drug-likeness (QED) is 0.600. The third-order valence-electron chi connectivity index (χ3n) is 4.27. The van der Waals surface area contributed by atoms with Crippen LogP contribution in [-0.4, -0.2) is 46.3 Å². The summed E-state index contributed by atoms with van der Waals surface area (Å²) in [6, 6.07) is 6.71. The van der Waals surface area contributed by atoms with Gasteiger partial charge < -0.3 is 9.47 Å². The predicted molar refractivity (Wildman–Crippen MR) is 110 cm³/mol. The SMILES string of the molecule is CCOC(=O)c1cnn(-c2ccc(C(=O)Nc3nc(C)c(C(=O)OC)s3)cc2)c1C. The van der Waals surface area contributed by atoms with Crippen molar-refractivity contribution in [3.05, 3.63) is 57.9 Å². The number of carbonyl (C=O) groups is 3. The van der Waals surface area contributed by atoms with Crippen LogP contribution >= 0.6 is 11.3 Å². The first-order chi connectivity index (χ1) is 14.3. The maximum Gasteiger partial charge on any atom is 0.350 e. The van der Waals surface area contributed by atoms with E-state index >= 15 is 0 Å². The molecule has 156 valence electrons. The molecule has 2 aromatic heterocycles. The van der Waals surface area contributed by atoms with E-state index in [9.17, 15) is 14.4 Å². The molecule has 0 unspecified atom stereocenters. The van der Waals surface area contributed by atoms with Crippen LogP contribution < -0.4 is 5.32 Å². The number of nitrogens with one attached hydrogen (secondary N) is 1. The van der Waals surface area contributed by atoms with Gasteiger partial charge in [0.1, 0.15) is 10.4 Å². The number of aromatic nitrogens is 3. The number of amides is 1. The number of aryl methyl sites for hydroxylation is 1. The first-order valence-corrected chi connectivity index (χ1v) is 9.86. The molecule has 10 heteroatoms. The highest BCUT2D eigenvalue weighted by molar-refractivity contribution is 7.17. The number of rotatable bonds is 6. The van der Waals surface area contributed by atoms with Crippen LogP contribution in [0.2, 0.25) is 0 Å². The van der Waals surface area contributed by atoms with E-state index in [0.717, 1.165) is 11.3 Å². The minimum Gasteiger partial charge on any atom is -0.465 e. The Kier molecular flexibility index (Phi) is 6.26. The van der Waals surface area contributed by atoms with Crippen molar-refractivity contribution < 1.29 is 23.9 Å². The Labute approximate surface area is 176 Å².